The molecule has 3 aromatic rings. The molecule has 3 rings (SSSR count). The number of hydrogen-bond donors (Lipinski definition) is 1. The minimum Gasteiger partial charge on any atom is -0.319 e. The number of benzene rings is 3. The molecule has 3 aromatic carbocycles. The zero-order chi connectivity index (χ0) is 21.7. The average molecular weight is 445 g/mol. The van der Waals surface area contributed by atoms with Crippen LogP contribution < -0.4 is 9.62 Å². The van der Waals surface area contributed by atoms with E-state index >= 15 is 0 Å². The van der Waals surface area contributed by atoms with Crippen molar-refractivity contribution in [3.8, 4) is 0 Å². The van der Waals surface area contributed by atoms with E-state index in [1.165, 1.54) is 42.5 Å². The lowest BCUT2D eigenvalue weighted by molar-refractivity contribution is 0.102. The normalized spacial score (nSPS) is 11.0. The molecule has 1 N–H and O–H groups in total. The lowest BCUT2D eigenvalue weighted by Gasteiger charge is -2.24. The molecule has 0 radical (unpaired) electrons. The molecule has 154 valence electrons. The quantitative estimate of drug-likeness (QED) is 0.515. The molecule has 1 amide bonds. The number of hydrogen-bond acceptors (Lipinski definition) is 3. The Bertz CT molecular complexity index is 1180. The van der Waals surface area contributed by atoms with E-state index < -0.39 is 21.7 Å². The van der Waals surface area contributed by atoms with Crippen LogP contribution >= 0.6 is 11.6 Å². The van der Waals surface area contributed by atoms with Gasteiger partial charge in [-0.3, -0.25) is 9.10 Å². The second-order valence-electron chi connectivity index (χ2n) is 6.24. The van der Waals surface area contributed by atoms with E-state index in [0.29, 0.717) is 5.69 Å². The van der Waals surface area contributed by atoms with Gasteiger partial charge in [0.2, 0.25) is 0 Å². The fourth-order valence-corrected chi connectivity index (χ4v) is 4.71. The van der Waals surface area contributed by atoms with Crippen LogP contribution in [0.1, 0.15) is 10.4 Å². The van der Waals surface area contributed by atoms with E-state index in [4.69, 9.17) is 11.6 Å². The maximum Gasteiger partial charge on any atom is 0.266 e. The number of anilines is 2. The molecule has 30 heavy (non-hydrogen) atoms. The zero-order valence-electron chi connectivity index (χ0n) is 15.8. The first kappa shape index (κ1) is 21.5. The minimum absolute atomic E-state index is 0.00826. The number of nitrogens with zero attached hydrogens (tertiary/aromatic N) is 1. The van der Waals surface area contributed by atoms with Gasteiger partial charge in [-0.25, -0.2) is 12.8 Å². The Balaban J connectivity index is 2.00. The van der Waals surface area contributed by atoms with Crippen LogP contribution in [-0.4, -0.2) is 20.9 Å². The van der Waals surface area contributed by atoms with Crippen molar-refractivity contribution < 1.29 is 17.6 Å². The zero-order valence-corrected chi connectivity index (χ0v) is 17.3. The summed E-state index contributed by atoms with van der Waals surface area (Å²) in [5, 5.41) is 2.39. The molecule has 0 saturated carbocycles. The maximum atomic E-state index is 13.8. The van der Waals surface area contributed by atoms with Gasteiger partial charge in [-0.2, -0.15) is 0 Å². The maximum absolute atomic E-state index is 13.8. The summed E-state index contributed by atoms with van der Waals surface area (Å²) in [5.74, 6) is -1.27. The molecule has 0 aliphatic carbocycles. The highest BCUT2D eigenvalue weighted by atomic mass is 35.5. The van der Waals surface area contributed by atoms with Crippen LogP contribution in [0.5, 0.6) is 0 Å². The third-order valence-corrected chi connectivity index (χ3v) is 6.50. The van der Waals surface area contributed by atoms with Gasteiger partial charge in [-0.15, -0.1) is 6.58 Å². The summed E-state index contributed by atoms with van der Waals surface area (Å²) in [6.07, 6.45) is 1.45. The molecule has 0 spiro atoms. The average Bonchev–Trinajstić information content (AvgIpc) is 2.74. The monoisotopic (exact) mass is 444 g/mol. The van der Waals surface area contributed by atoms with Gasteiger partial charge < -0.3 is 5.32 Å². The molecule has 0 atom stereocenters. The van der Waals surface area contributed by atoms with Gasteiger partial charge >= 0.3 is 0 Å². The predicted molar refractivity (Wildman–Crippen MR) is 117 cm³/mol. The molecule has 0 heterocycles. The van der Waals surface area contributed by atoms with E-state index in [9.17, 15) is 17.6 Å². The molecule has 0 saturated heterocycles. The fourth-order valence-electron chi connectivity index (χ4n) is 2.77. The van der Waals surface area contributed by atoms with Gasteiger partial charge in [0.15, 0.2) is 0 Å². The van der Waals surface area contributed by atoms with Crippen molar-refractivity contribution in [1.82, 2.24) is 0 Å². The molecule has 0 unspecified atom stereocenters. The number of carbonyl (C=O) groups is 1. The Morgan fingerprint density at radius 2 is 1.73 bits per heavy atom. The summed E-state index contributed by atoms with van der Waals surface area (Å²) in [4.78, 5) is 12.3. The Kier molecular flexibility index (Phi) is 6.54. The van der Waals surface area contributed by atoms with Crippen LogP contribution in [0.2, 0.25) is 5.02 Å². The molecule has 0 aromatic heterocycles. The first-order valence-corrected chi connectivity index (χ1v) is 10.7. The number of amides is 1. The van der Waals surface area contributed by atoms with Gasteiger partial charge in [0.25, 0.3) is 15.9 Å². The van der Waals surface area contributed by atoms with Gasteiger partial charge in [0, 0.05) is 5.56 Å². The topological polar surface area (TPSA) is 66.5 Å². The van der Waals surface area contributed by atoms with E-state index in [2.05, 4.69) is 11.9 Å². The van der Waals surface area contributed by atoms with Crippen molar-refractivity contribution in [2.24, 2.45) is 0 Å². The molecule has 0 fully saturated rings. The molecule has 0 bridgehead atoms. The van der Waals surface area contributed by atoms with E-state index in [-0.39, 0.29) is 27.7 Å². The van der Waals surface area contributed by atoms with Crippen LogP contribution in [0.3, 0.4) is 0 Å². The Morgan fingerprint density at radius 1 is 1.07 bits per heavy atom. The summed E-state index contributed by atoms with van der Waals surface area (Å²) < 4.78 is 41.6. The van der Waals surface area contributed by atoms with Crippen LogP contribution in [0.25, 0.3) is 0 Å². The molecule has 5 nitrogen and oxygen atoms in total. The number of halogens is 2. The Hall–Kier alpha value is -3.16. The van der Waals surface area contributed by atoms with E-state index in [1.807, 2.05) is 0 Å². The molecular weight excluding hydrogens is 427 g/mol. The third-order valence-electron chi connectivity index (χ3n) is 4.22. The highest BCUT2D eigenvalue weighted by Crippen LogP contribution is 2.29. The first-order valence-electron chi connectivity index (χ1n) is 8.88. The van der Waals surface area contributed by atoms with Gasteiger partial charge in [0.1, 0.15) is 10.7 Å². The Labute approximate surface area is 179 Å². The van der Waals surface area contributed by atoms with Crippen molar-refractivity contribution in [2.45, 2.75) is 4.90 Å². The minimum atomic E-state index is -4.11. The summed E-state index contributed by atoms with van der Waals surface area (Å²) >= 11 is 6.18. The van der Waals surface area contributed by atoms with Crippen LogP contribution in [-0.2, 0) is 10.0 Å². The van der Waals surface area contributed by atoms with Crippen molar-refractivity contribution in [3.05, 3.63) is 102 Å². The SMILES string of the molecule is C=CCN(c1ccccc1)S(=O)(=O)c1cc(C(=O)Nc2ccccc2F)ccc1Cl. The van der Waals surface area contributed by atoms with E-state index in [1.54, 1.807) is 36.4 Å². The predicted octanol–water partition coefficient (Wildman–Crippen LogP) is 5.11. The summed E-state index contributed by atoms with van der Waals surface area (Å²) in [6, 6.07) is 18.0. The molecule has 0 aliphatic heterocycles. The van der Waals surface area contributed by atoms with E-state index in [0.717, 1.165) is 4.31 Å². The number of rotatable bonds is 7. The van der Waals surface area contributed by atoms with Crippen molar-refractivity contribution in [3.63, 3.8) is 0 Å². The fraction of sp³-hybridized carbons (Fsp3) is 0.0455. The standard InChI is InChI=1S/C22H18ClFN2O3S/c1-2-14-26(17-8-4-3-5-9-17)30(28,29)21-15-16(12-13-18(21)23)22(27)25-20-11-7-6-10-19(20)24/h2-13,15H,1,14H2,(H,25,27). The first-order chi connectivity index (χ1) is 14.3. The van der Waals surface area contributed by atoms with Crippen molar-refractivity contribution in [2.75, 3.05) is 16.2 Å². The number of para-hydroxylation sites is 2. The smallest absolute Gasteiger partial charge is 0.266 e. The lowest BCUT2D eigenvalue weighted by Crippen LogP contribution is -2.31. The van der Waals surface area contributed by atoms with Gasteiger partial charge in [-0.1, -0.05) is 48.0 Å². The number of carbonyl (C=O) groups excluding carboxylic acids is 1. The third kappa shape index (κ3) is 4.53. The summed E-state index contributed by atoms with van der Waals surface area (Å²) in [6.45, 7) is 3.63. The van der Waals surface area contributed by atoms with Crippen LogP contribution in [0.4, 0.5) is 15.8 Å². The van der Waals surface area contributed by atoms with Gasteiger partial charge in [0.05, 0.1) is 22.9 Å². The van der Waals surface area contributed by atoms with Crippen LogP contribution in [0, 0.1) is 5.82 Å². The second-order valence-corrected chi connectivity index (χ2v) is 8.48. The highest BCUT2D eigenvalue weighted by molar-refractivity contribution is 7.93. The summed E-state index contributed by atoms with van der Waals surface area (Å²) in [5.41, 5.74) is 0.432. The number of nitrogens with one attached hydrogen (secondary N) is 1. The highest BCUT2D eigenvalue weighted by Gasteiger charge is 2.27. The molecule has 8 heteroatoms. The lowest BCUT2D eigenvalue weighted by atomic mass is 10.2. The number of sulfonamides is 1. The van der Waals surface area contributed by atoms with Crippen LogP contribution in [0.15, 0.2) is 90.3 Å². The Morgan fingerprint density at radius 3 is 2.40 bits per heavy atom. The molecule has 0 aliphatic rings. The largest absolute Gasteiger partial charge is 0.319 e. The van der Waals surface area contributed by atoms with Crippen molar-refractivity contribution in [1.29, 1.82) is 0 Å². The second kappa shape index (κ2) is 9.11. The summed E-state index contributed by atoms with van der Waals surface area (Å²) in [7, 11) is -4.11. The van der Waals surface area contributed by atoms with Gasteiger partial charge in [-0.05, 0) is 42.5 Å². The van der Waals surface area contributed by atoms with Crippen molar-refractivity contribution >= 4 is 38.9 Å². The molecular formula is C22H18ClFN2O3S.